The normalized spacial score (nSPS) is 16.6. The van der Waals surface area contributed by atoms with E-state index in [-0.39, 0.29) is 23.2 Å². The third kappa shape index (κ3) is 6.55. The smallest absolute Gasteiger partial charge is 0.329 e. The molecule has 7 nitrogen and oxygen atoms in total. The van der Waals surface area contributed by atoms with E-state index in [0.29, 0.717) is 5.56 Å². The van der Waals surface area contributed by atoms with Crippen LogP contribution in [0.3, 0.4) is 0 Å². The summed E-state index contributed by atoms with van der Waals surface area (Å²) in [6, 6.07) is 8.48. The van der Waals surface area contributed by atoms with Gasteiger partial charge in [0.2, 0.25) is 0 Å². The zero-order valence-corrected chi connectivity index (χ0v) is 19.2. The van der Waals surface area contributed by atoms with Crippen molar-refractivity contribution in [1.29, 1.82) is 5.26 Å². The van der Waals surface area contributed by atoms with Crippen LogP contribution in [-0.4, -0.2) is 36.0 Å². The predicted molar refractivity (Wildman–Crippen MR) is 117 cm³/mol. The number of nitriles is 1. The van der Waals surface area contributed by atoms with Gasteiger partial charge >= 0.3 is 5.97 Å². The van der Waals surface area contributed by atoms with Crippen LogP contribution in [0.2, 0.25) is 0 Å². The number of amides is 2. The summed E-state index contributed by atoms with van der Waals surface area (Å²) >= 11 is 0. The van der Waals surface area contributed by atoms with Gasteiger partial charge in [0.1, 0.15) is 11.6 Å². The Hall–Kier alpha value is -2.88. The Kier molecular flexibility index (Phi) is 7.48. The third-order valence-corrected chi connectivity index (χ3v) is 5.59. The zero-order chi connectivity index (χ0) is 23.4. The molecule has 1 aliphatic carbocycles. The SMILES string of the molecule is CC(C)[C@H](NC(=O)c1ccc(C(C)(C)C)cc1)C(=O)OCC(=O)N[C@](C)(C#N)C1CC1. The van der Waals surface area contributed by atoms with Crippen LogP contribution >= 0.6 is 0 Å². The molecule has 0 spiro atoms. The second-order valence-electron chi connectivity index (χ2n) is 9.77. The fourth-order valence-corrected chi connectivity index (χ4v) is 3.28. The molecule has 2 amide bonds. The average Bonchev–Trinajstić information content (AvgIpc) is 3.55. The summed E-state index contributed by atoms with van der Waals surface area (Å²) in [5.41, 5.74) is 0.568. The number of carbonyl (C=O) groups excluding carboxylic acids is 3. The number of rotatable bonds is 8. The topological polar surface area (TPSA) is 108 Å². The maximum absolute atomic E-state index is 12.6. The minimum absolute atomic E-state index is 0.0268. The van der Waals surface area contributed by atoms with E-state index in [1.54, 1.807) is 32.9 Å². The summed E-state index contributed by atoms with van der Waals surface area (Å²) in [6.07, 6.45) is 1.78. The molecular weight excluding hydrogens is 394 g/mol. The van der Waals surface area contributed by atoms with Crippen LogP contribution in [0.5, 0.6) is 0 Å². The van der Waals surface area contributed by atoms with Crippen molar-refractivity contribution < 1.29 is 19.1 Å². The van der Waals surface area contributed by atoms with E-state index >= 15 is 0 Å². The molecule has 1 saturated carbocycles. The van der Waals surface area contributed by atoms with Crippen LogP contribution in [0.1, 0.15) is 70.3 Å². The molecule has 31 heavy (non-hydrogen) atoms. The average molecular weight is 428 g/mol. The van der Waals surface area contributed by atoms with Gasteiger partial charge in [-0.25, -0.2) is 4.79 Å². The van der Waals surface area contributed by atoms with E-state index in [1.165, 1.54) is 0 Å². The van der Waals surface area contributed by atoms with Gasteiger partial charge in [0.15, 0.2) is 6.61 Å². The van der Waals surface area contributed by atoms with Gasteiger partial charge in [-0.05, 0) is 54.7 Å². The fraction of sp³-hybridized carbons (Fsp3) is 0.583. The highest BCUT2D eigenvalue weighted by Crippen LogP contribution is 2.39. The number of esters is 1. The Morgan fingerprint density at radius 1 is 1.13 bits per heavy atom. The summed E-state index contributed by atoms with van der Waals surface area (Å²) in [5, 5.41) is 14.7. The number of nitrogens with zero attached hydrogens (tertiary/aromatic N) is 1. The van der Waals surface area contributed by atoms with Gasteiger partial charge < -0.3 is 15.4 Å². The number of hydrogen-bond acceptors (Lipinski definition) is 5. The Labute approximate surface area is 184 Å². The van der Waals surface area contributed by atoms with E-state index in [9.17, 15) is 19.6 Å². The first kappa shape index (κ1) is 24.4. The van der Waals surface area contributed by atoms with Crippen molar-refractivity contribution in [1.82, 2.24) is 10.6 Å². The van der Waals surface area contributed by atoms with Crippen molar-refractivity contribution in [2.75, 3.05) is 6.61 Å². The van der Waals surface area contributed by atoms with E-state index in [4.69, 9.17) is 4.74 Å². The molecule has 1 aliphatic rings. The lowest BCUT2D eigenvalue weighted by Crippen LogP contribution is -2.49. The van der Waals surface area contributed by atoms with Crippen LogP contribution in [-0.2, 0) is 19.7 Å². The monoisotopic (exact) mass is 427 g/mol. The standard InChI is InChI=1S/C24H33N3O4/c1-15(2)20(26-21(29)16-7-9-17(10-8-16)23(3,4)5)22(30)31-13-19(28)27-24(6,14-25)18-11-12-18/h7-10,15,18,20H,11-13H2,1-6H3,(H,26,29)(H,27,28)/t20-,24+/m0/s1. The van der Waals surface area contributed by atoms with Gasteiger partial charge in [-0.2, -0.15) is 5.26 Å². The van der Waals surface area contributed by atoms with Crippen LogP contribution in [0.15, 0.2) is 24.3 Å². The molecule has 2 N–H and O–H groups in total. The van der Waals surface area contributed by atoms with Crippen molar-refractivity contribution in [3.8, 4) is 6.07 Å². The van der Waals surface area contributed by atoms with Crippen LogP contribution < -0.4 is 10.6 Å². The molecule has 2 atom stereocenters. The molecule has 0 bridgehead atoms. The molecular formula is C24H33N3O4. The first-order valence-electron chi connectivity index (χ1n) is 10.7. The lowest BCUT2D eigenvalue weighted by atomic mass is 9.86. The van der Waals surface area contributed by atoms with E-state index in [0.717, 1.165) is 18.4 Å². The molecule has 0 saturated heterocycles. The van der Waals surface area contributed by atoms with Gasteiger partial charge in [-0.1, -0.05) is 46.8 Å². The second kappa shape index (κ2) is 9.51. The summed E-state index contributed by atoms with van der Waals surface area (Å²) in [7, 11) is 0. The Morgan fingerprint density at radius 3 is 2.16 bits per heavy atom. The summed E-state index contributed by atoms with van der Waals surface area (Å²) < 4.78 is 5.14. The molecule has 0 heterocycles. The Balaban J connectivity index is 1.95. The maximum Gasteiger partial charge on any atom is 0.329 e. The minimum Gasteiger partial charge on any atom is -0.454 e. The van der Waals surface area contributed by atoms with Gasteiger partial charge in [-0.15, -0.1) is 0 Å². The van der Waals surface area contributed by atoms with Gasteiger partial charge in [0, 0.05) is 5.56 Å². The predicted octanol–water partition coefficient (Wildman–Crippen LogP) is 3.09. The number of ether oxygens (including phenoxy) is 1. The van der Waals surface area contributed by atoms with Crippen LogP contribution in [0.25, 0.3) is 0 Å². The van der Waals surface area contributed by atoms with Crippen molar-refractivity contribution >= 4 is 17.8 Å². The van der Waals surface area contributed by atoms with Gasteiger partial charge in [0.05, 0.1) is 6.07 Å². The highest BCUT2D eigenvalue weighted by molar-refractivity contribution is 5.97. The minimum atomic E-state index is -0.950. The summed E-state index contributed by atoms with van der Waals surface area (Å²) in [6.45, 7) is 11.0. The second-order valence-corrected chi connectivity index (χ2v) is 9.77. The molecule has 1 aromatic rings. The van der Waals surface area contributed by atoms with Gasteiger partial charge in [0.25, 0.3) is 11.8 Å². The highest BCUT2D eigenvalue weighted by Gasteiger charge is 2.43. The first-order valence-corrected chi connectivity index (χ1v) is 10.7. The first-order chi connectivity index (χ1) is 14.4. The molecule has 0 aromatic heterocycles. The molecule has 1 aromatic carbocycles. The summed E-state index contributed by atoms with van der Waals surface area (Å²) in [4.78, 5) is 37.4. The highest BCUT2D eigenvalue weighted by atomic mass is 16.5. The Bertz CT molecular complexity index is 860. The molecule has 0 unspecified atom stereocenters. The zero-order valence-electron chi connectivity index (χ0n) is 19.2. The largest absolute Gasteiger partial charge is 0.454 e. The van der Waals surface area contributed by atoms with E-state index < -0.39 is 30.1 Å². The lowest BCUT2D eigenvalue weighted by Gasteiger charge is -2.24. The lowest BCUT2D eigenvalue weighted by molar-refractivity contribution is -0.151. The van der Waals surface area contributed by atoms with Crippen LogP contribution in [0.4, 0.5) is 0 Å². The fourth-order valence-electron chi connectivity index (χ4n) is 3.28. The number of carbonyl (C=O) groups is 3. The number of nitrogens with one attached hydrogen (secondary N) is 2. The van der Waals surface area contributed by atoms with Crippen molar-refractivity contribution in [3.63, 3.8) is 0 Å². The number of benzene rings is 1. The quantitative estimate of drug-likeness (QED) is 0.620. The van der Waals surface area contributed by atoms with Crippen LogP contribution in [0, 0.1) is 23.2 Å². The molecule has 1 fully saturated rings. The van der Waals surface area contributed by atoms with Crippen molar-refractivity contribution in [2.45, 2.75) is 71.4 Å². The maximum atomic E-state index is 12.6. The van der Waals surface area contributed by atoms with Crippen molar-refractivity contribution in [2.24, 2.45) is 11.8 Å². The third-order valence-electron chi connectivity index (χ3n) is 5.59. The summed E-state index contributed by atoms with van der Waals surface area (Å²) in [5.74, 6) is -1.70. The molecule has 0 radical (unpaired) electrons. The van der Waals surface area contributed by atoms with Gasteiger partial charge in [-0.3, -0.25) is 9.59 Å². The number of hydrogen-bond donors (Lipinski definition) is 2. The Morgan fingerprint density at radius 2 is 1.71 bits per heavy atom. The molecule has 168 valence electrons. The molecule has 0 aliphatic heterocycles. The van der Waals surface area contributed by atoms with Crippen molar-refractivity contribution in [3.05, 3.63) is 35.4 Å². The molecule has 7 heteroatoms. The van der Waals surface area contributed by atoms with E-state index in [1.807, 2.05) is 12.1 Å². The molecule has 2 rings (SSSR count). The van der Waals surface area contributed by atoms with E-state index in [2.05, 4.69) is 37.5 Å².